The van der Waals surface area contributed by atoms with E-state index >= 15 is 0 Å². The van der Waals surface area contributed by atoms with Crippen LogP contribution in [0.5, 0.6) is 11.5 Å². The lowest BCUT2D eigenvalue weighted by atomic mass is 10.2. The number of anilines is 1. The third-order valence-electron chi connectivity index (χ3n) is 6.91. The number of benzene rings is 4. The molecule has 3 amide bonds. The van der Waals surface area contributed by atoms with Crippen molar-refractivity contribution in [1.82, 2.24) is 10.6 Å². The minimum Gasteiger partial charge on any atom is -0.457 e. The number of thioether (sulfide) groups is 1. The van der Waals surface area contributed by atoms with Crippen molar-refractivity contribution in [2.75, 3.05) is 17.9 Å². The Kier molecular flexibility index (Phi) is 9.46. The monoisotopic (exact) mass is 631 g/mol. The van der Waals surface area contributed by atoms with Gasteiger partial charge in [-0.1, -0.05) is 54.6 Å². The van der Waals surface area contributed by atoms with Crippen molar-refractivity contribution in [2.24, 2.45) is 0 Å². The topological polar surface area (TPSA) is 119 Å². The molecule has 5 aromatic rings. The Bertz CT molecular complexity index is 1870. The second-order valence-electron chi connectivity index (χ2n) is 10.2. The van der Waals surface area contributed by atoms with E-state index in [2.05, 4.69) is 16.0 Å². The number of carbonyl (C=O) groups excluding carboxylic acids is 3. The van der Waals surface area contributed by atoms with Gasteiger partial charge in [0.25, 0.3) is 11.8 Å². The summed E-state index contributed by atoms with van der Waals surface area (Å²) in [6.07, 6.45) is 1.50. The van der Waals surface area contributed by atoms with Crippen LogP contribution in [0.15, 0.2) is 130 Å². The predicted octanol–water partition coefficient (Wildman–Crippen LogP) is 6.49. The molecule has 3 N–H and O–H groups in total. The van der Waals surface area contributed by atoms with Gasteiger partial charge in [0.2, 0.25) is 12.7 Å². The molecule has 0 spiro atoms. The minimum atomic E-state index is -0.523. The number of ether oxygens (including phenoxy) is 2. The number of carbonyl (C=O) groups is 3. The standard InChI is InChI=1S/C36H29N3O6S/c40-34(37-21-24-11-17-32-33(19-24)44-23-43-32)22-46-29-15-12-27(13-16-29)38-36(42)30(39-35(41)26-9-5-2-6-10-26)20-28-14-18-31(45-28)25-7-3-1-4-8-25/h1-20H,21-23H2,(H,37,40)(H,38,42)(H,39,41)/b30-20+. The predicted molar refractivity (Wildman–Crippen MR) is 176 cm³/mol. The average molecular weight is 632 g/mol. The molecular formula is C36H29N3O6S. The third kappa shape index (κ3) is 7.85. The zero-order chi connectivity index (χ0) is 31.7. The molecule has 6 rings (SSSR count). The van der Waals surface area contributed by atoms with Gasteiger partial charge in [-0.3, -0.25) is 14.4 Å². The number of rotatable bonds is 11. The van der Waals surface area contributed by atoms with Crippen LogP contribution in [-0.4, -0.2) is 30.3 Å². The molecule has 0 aliphatic carbocycles. The molecule has 230 valence electrons. The highest BCUT2D eigenvalue weighted by atomic mass is 32.2. The molecular weight excluding hydrogens is 602 g/mol. The maximum atomic E-state index is 13.4. The number of nitrogens with one attached hydrogen (secondary N) is 3. The second kappa shape index (κ2) is 14.4. The molecule has 0 radical (unpaired) electrons. The van der Waals surface area contributed by atoms with Crippen molar-refractivity contribution in [2.45, 2.75) is 11.4 Å². The maximum absolute atomic E-state index is 13.4. The van der Waals surface area contributed by atoms with Crippen LogP contribution in [0.25, 0.3) is 17.4 Å². The number of fused-ring (bicyclic) bond motifs is 1. The van der Waals surface area contributed by atoms with E-state index in [1.807, 2.05) is 72.8 Å². The van der Waals surface area contributed by atoms with Crippen LogP contribution in [0.3, 0.4) is 0 Å². The molecule has 46 heavy (non-hydrogen) atoms. The fraction of sp³-hybridized carbons (Fsp3) is 0.0833. The number of furan rings is 1. The Morgan fingerprint density at radius 1 is 0.783 bits per heavy atom. The van der Waals surface area contributed by atoms with Crippen molar-refractivity contribution in [3.8, 4) is 22.8 Å². The van der Waals surface area contributed by atoms with Crippen molar-refractivity contribution >= 4 is 41.2 Å². The Morgan fingerprint density at radius 2 is 1.52 bits per heavy atom. The van der Waals surface area contributed by atoms with E-state index in [-0.39, 0.29) is 24.2 Å². The first-order chi connectivity index (χ1) is 22.5. The molecule has 10 heteroatoms. The lowest BCUT2D eigenvalue weighted by molar-refractivity contribution is -0.118. The van der Waals surface area contributed by atoms with E-state index in [0.717, 1.165) is 16.0 Å². The first-order valence-electron chi connectivity index (χ1n) is 14.4. The van der Waals surface area contributed by atoms with Gasteiger partial charge in [0.05, 0.1) is 5.75 Å². The van der Waals surface area contributed by atoms with E-state index in [1.165, 1.54) is 17.8 Å². The lowest BCUT2D eigenvalue weighted by Gasteiger charge is -2.11. The fourth-order valence-electron chi connectivity index (χ4n) is 4.56. The largest absolute Gasteiger partial charge is 0.457 e. The number of amides is 3. The Hall–Kier alpha value is -5.74. The van der Waals surface area contributed by atoms with Crippen LogP contribution in [-0.2, 0) is 16.1 Å². The van der Waals surface area contributed by atoms with Crippen LogP contribution in [0.1, 0.15) is 21.7 Å². The number of hydrogen-bond donors (Lipinski definition) is 3. The third-order valence-corrected chi connectivity index (χ3v) is 7.92. The molecule has 2 heterocycles. The average Bonchev–Trinajstić information content (AvgIpc) is 3.77. The molecule has 0 unspecified atom stereocenters. The summed E-state index contributed by atoms with van der Waals surface area (Å²) in [6.45, 7) is 0.580. The summed E-state index contributed by atoms with van der Waals surface area (Å²) in [4.78, 5) is 39.7. The van der Waals surface area contributed by atoms with Gasteiger partial charge >= 0.3 is 0 Å². The normalized spacial score (nSPS) is 12.0. The SMILES string of the molecule is O=C(CSc1ccc(NC(=O)/C(=C\c2ccc(-c3ccccc3)o2)NC(=O)c2ccccc2)cc1)NCc1ccc2c(c1)OCO2. The van der Waals surface area contributed by atoms with Gasteiger partial charge in [-0.2, -0.15) is 0 Å². The van der Waals surface area contributed by atoms with E-state index in [1.54, 1.807) is 42.5 Å². The van der Waals surface area contributed by atoms with Crippen molar-refractivity contribution in [1.29, 1.82) is 0 Å². The Labute approximate surface area is 269 Å². The molecule has 1 aliphatic rings. The van der Waals surface area contributed by atoms with Gasteiger partial charge < -0.3 is 29.8 Å². The van der Waals surface area contributed by atoms with Gasteiger partial charge in [0.15, 0.2) is 11.5 Å². The lowest BCUT2D eigenvalue weighted by Crippen LogP contribution is -2.30. The second-order valence-corrected chi connectivity index (χ2v) is 11.2. The van der Waals surface area contributed by atoms with Crippen LogP contribution in [0.4, 0.5) is 5.69 Å². The quantitative estimate of drug-likeness (QED) is 0.113. The van der Waals surface area contributed by atoms with E-state index in [9.17, 15) is 14.4 Å². The molecule has 0 bridgehead atoms. The molecule has 0 saturated heterocycles. The highest BCUT2D eigenvalue weighted by molar-refractivity contribution is 8.00. The zero-order valence-electron chi connectivity index (χ0n) is 24.5. The van der Waals surface area contributed by atoms with E-state index < -0.39 is 11.8 Å². The molecule has 1 aliphatic heterocycles. The molecule has 0 fully saturated rings. The summed E-state index contributed by atoms with van der Waals surface area (Å²) in [5.41, 5.74) is 2.75. The summed E-state index contributed by atoms with van der Waals surface area (Å²) in [6, 6.07) is 34.4. The van der Waals surface area contributed by atoms with Gasteiger partial charge in [0, 0.05) is 34.3 Å². The van der Waals surface area contributed by atoms with Crippen molar-refractivity contribution in [3.63, 3.8) is 0 Å². The summed E-state index contributed by atoms with van der Waals surface area (Å²) in [7, 11) is 0. The Morgan fingerprint density at radius 3 is 2.30 bits per heavy atom. The first kappa shape index (κ1) is 30.3. The summed E-state index contributed by atoms with van der Waals surface area (Å²) in [5.74, 6) is 1.57. The molecule has 0 atom stereocenters. The van der Waals surface area contributed by atoms with Gasteiger partial charge in [-0.05, 0) is 66.2 Å². The van der Waals surface area contributed by atoms with Crippen LogP contribution >= 0.6 is 11.8 Å². The molecule has 1 aromatic heterocycles. The summed E-state index contributed by atoms with van der Waals surface area (Å²) in [5, 5.41) is 8.46. The highest BCUT2D eigenvalue weighted by Gasteiger charge is 2.17. The van der Waals surface area contributed by atoms with Crippen molar-refractivity contribution in [3.05, 3.63) is 138 Å². The van der Waals surface area contributed by atoms with Gasteiger partial charge in [0.1, 0.15) is 17.2 Å². The van der Waals surface area contributed by atoms with E-state index in [4.69, 9.17) is 13.9 Å². The van der Waals surface area contributed by atoms with E-state index in [0.29, 0.717) is 40.8 Å². The van der Waals surface area contributed by atoms with Crippen LogP contribution in [0.2, 0.25) is 0 Å². The van der Waals surface area contributed by atoms with Crippen LogP contribution < -0.4 is 25.4 Å². The fourth-order valence-corrected chi connectivity index (χ4v) is 5.29. The minimum absolute atomic E-state index is 0.0143. The number of hydrogen-bond acceptors (Lipinski definition) is 7. The molecule has 4 aromatic carbocycles. The zero-order valence-corrected chi connectivity index (χ0v) is 25.3. The summed E-state index contributed by atoms with van der Waals surface area (Å²) < 4.78 is 16.7. The van der Waals surface area contributed by atoms with Gasteiger partial charge in [-0.15, -0.1) is 11.8 Å². The summed E-state index contributed by atoms with van der Waals surface area (Å²) >= 11 is 1.38. The molecule has 0 saturated carbocycles. The highest BCUT2D eigenvalue weighted by Crippen LogP contribution is 2.32. The first-order valence-corrected chi connectivity index (χ1v) is 15.4. The maximum Gasteiger partial charge on any atom is 0.272 e. The Balaban J connectivity index is 1.07. The molecule has 9 nitrogen and oxygen atoms in total. The van der Waals surface area contributed by atoms with Crippen molar-refractivity contribution < 1.29 is 28.3 Å². The van der Waals surface area contributed by atoms with Crippen LogP contribution in [0, 0.1) is 0 Å². The van der Waals surface area contributed by atoms with Gasteiger partial charge in [-0.25, -0.2) is 0 Å². The smallest absolute Gasteiger partial charge is 0.272 e.